The van der Waals surface area contributed by atoms with E-state index in [4.69, 9.17) is 16.3 Å². The van der Waals surface area contributed by atoms with E-state index in [0.717, 1.165) is 17.7 Å². The van der Waals surface area contributed by atoms with Gasteiger partial charge in [0.25, 0.3) is 0 Å². The number of hydrogen-bond acceptors (Lipinski definition) is 2. The lowest BCUT2D eigenvalue weighted by Crippen LogP contribution is -2.16. The zero-order valence-electron chi connectivity index (χ0n) is 11.4. The Morgan fingerprint density at radius 2 is 2.10 bits per heavy atom. The summed E-state index contributed by atoms with van der Waals surface area (Å²) in [6.07, 6.45) is 0.680. The second-order valence-corrected chi connectivity index (χ2v) is 5.70. The highest BCUT2D eigenvalue weighted by Crippen LogP contribution is 2.39. The summed E-state index contributed by atoms with van der Waals surface area (Å²) in [5.41, 5.74) is 1.66. The Morgan fingerprint density at radius 1 is 1.29 bits per heavy atom. The molecule has 0 fully saturated rings. The van der Waals surface area contributed by atoms with Gasteiger partial charge in [0, 0.05) is 0 Å². The third-order valence-electron chi connectivity index (χ3n) is 3.92. The molecule has 110 valence electrons. The van der Waals surface area contributed by atoms with Gasteiger partial charge < -0.3 is 9.84 Å². The molecule has 0 bridgehead atoms. The Morgan fingerprint density at radius 3 is 2.90 bits per heavy atom. The number of ether oxygens (including phenoxy) is 1. The van der Waals surface area contributed by atoms with Crippen molar-refractivity contribution in [2.45, 2.75) is 24.9 Å². The van der Waals surface area contributed by atoms with Gasteiger partial charge in [-0.25, -0.2) is 4.39 Å². The molecule has 1 aliphatic rings. The normalized spacial score (nSPS) is 18.7. The van der Waals surface area contributed by atoms with E-state index in [1.165, 1.54) is 12.1 Å². The van der Waals surface area contributed by atoms with Crippen molar-refractivity contribution in [2.24, 2.45) is 0 Å². The molecule has 1 aliphatic heterocycles. The molecule has 2 aromatic rings. The number of para-hydroxylation sites is 1. The molecule has 0 spiro atoms. The lowest BCUT2D eigenvalue weighted by molar-refractivity contribution is 0.144. The summed E-state index contributed by atoms with van der Waals surface area (Å²) < 4.78 is 19.1. The lowest BCUT2D eigenvalue weighted by Gasteiger charge is -2.27. The standard InChI is InChI=1S/C17H16ClFO2/c18-14-6-5-12(9-15(14)19)16(20)10-11-7-8-21-17-4-2-1-3-13(11)17/h1-6,9,11,16,20H,7-8,10H2. The van der Waals surface area contributed by atoms with Crippen LogP contribution in [0.4, 0.5) is 4.39 Å². The molecule has 1 heterocycles. The Balaban J connectivity index is 1.79. The molecule has 0 saturated heterocycles. The van der Waals surface area contributed by atoms with Gasteiger partial charge in [-0.3, -0.25) is 0 Å². The first-order valence-electron chi connectivity index (χ1n) is 7.00. The van der Waals surface area contributed by atoms with Gasteiger partial charge in [-0.1, -0.05) is 35.9 Å². The van der Waals surface area contributed by atoms with Gasteiger partial charge in [-0.05, 0) is 48.1 Å². The average molecular weight is 307 g/mol. The van der Waals surface area contributed by atoms with E-state index >= 15 is 0 Å². The van der Waals surface area contributed by atoms with Crippen LogP contribution in [0.15, 0.2) is 42.5 Å². The minimum Gasteiger partial charge on any atom is -0.493 e. The topological polar surface area (TPSA) is 29.5 Å². The van der Waals surface area contributed by atoms with Crippen LogP contribution in [0.25, 0.3) is 0 Å². The smallest absolute Gasteiger partial charge is 0.142 e. The largest absolute Gasteiger partial charge is 0.493 e. The predicted molar refractivity (Wildman–Crippen MR) is 80.3 cm³/mol. The number of aliphatic hydroxyl groups excluding tert-OH is 1. The fraction of sp³-hybridized carbons (Fsp3) is 0.294. The molecule has 2 atom stereocenters. The van der Waals surface area contributed by atoms with Gasteiger partial charge in [-0.15, -0.1) is 0 Å². The van der Waals surface area contributed by atoms with Crippen molar-refractivity contribution < 1.29 is 14.2 Å². The summed E-state index contributed by atoms with van der Waals surface area (Å²) in [5.74, 6) is 0.590. The number of fused-ring (bicyclic) bond motifs is 1. The van der Waals surface area contributed by atoms with E-state index in [1.807, 2.05) is 24.3 Å². The SMILES string of the molecule is OC(CC1CCOc2ccccc21)c1ccc(Cl)c(F)c1. The molecule has 2 nitrogen and oxygen atoms in total. The van der Waals surface area contributed by atoms with Crippen molar-refractivity contribution in [3.8, 4) is 5.75 Å². The number of benzene rings is 2. The van der Waals surface area contributed by atoms with Gasteiger partial charge in [0.2, 0.25) is 0 Å². The highest BCUT2D eigenvalue weighted by atomic mass is 35.5. The summed E-state index contributed by atoms with van der Waals surface area (Å²) in [6.45, 7) is 0.642. The van der Waals surface area contributed by atoms with Crippen LogP contribution >= 0.6 is 11.6 Å². The molecule has 0 aliphatic carbocycles. The molecule has 4 heteroatoms. The van der Waals surface area contributed by atoms with Crippen LogP contribution in [-0.2, 0) is 0 Å². The van der Waals surface area contributed by atoms with Crippen LogP contribution < -0.4 is 4.74 Å². The maximum atomic E-state index is 13.5. The lowest BCUT2D eigenvalue weighted by atomic mass is 9.86. The van der Waals surface area contributed by atoms with Crippen LogP contribution in [0, 0.1) is 5.82 Å². The fourth-order valence-electron chi connectivity index (χ4n) is 2.79. The highest BCUT2D eigenvalue weighted by molar-refractivity contribution is 6.30. The van der Waals surface area contributed by atoms with Crippen molar-refractivity contribution >= 4 is 11.6 Å². The zero-order chi connectivity index (χ0) is 14.8. The van der Waals surface area contributed by atoms with Crippen molar-refractivity contribution in [1.82, 2.24) is 0 Å². The Kier molecular flexibility index (Phi) is 4.13. The number of hydrogen-bond donors (Lipinski definition) is 1. The van der Waals surface area contributed by atoms with Crippen LogP contribution in [0.5, 0.6) is 5.75 Å². The molecular formula is C17H16ClFO2. The van der Waals surface area contributed by atoms with E-state index < -0.39 is 11.9 Å². The third-order valence-corrected chi connectivity index (χ3v) is 4.23. The molecule has 21 heavy (non-hydrogen) atoms. The van der Waals surface area contributed by atoms with Crippen molar-refractivity contribution in [3.05, 3.63) is 64.4 Å². The van der Waals surface area contributed by atoms with Crippen LogP contribution in [0.3, 0.4) is 0 Å². The van der Waals surface area contributed by atoms with Crippen molar-refractivity contribution in [1.29, 1.82) is 0 Å². The van der Waals surface area contributed by atoms with E-state index in [0.29, 0.717) is 18.6 Å². The Bertz CT molecular complexity index is 644. The first kappa shape index (κ1) is 14.4. The first-order chi connectivity index (χ1) is 10.1. The maximum absolute atomic E-state index is 13.5. The number of aliphatic hydroxyl groups is 1. The second kappa shape index (κ2) is 6.04. The quantitative estimate of drug-likeness (QED) is 0.906. The van der Waals surface area contributed by atoms with Crippen LogP contribution in [0.2, 0.25) is 5.02 Å². The summed E-state index contributed by atoms with van der Waals surface area (Å²) in [7, 11) is 0. The number of halogens is 2. The third kappa shape index (κ3) is 3.04. The Hall–Kier alpha value is -1.58. The molecular weight excluding hydrogens is 291 g/mol. The van der Waals surface area contributed by atoms with E-state index in [1.54, 1.807) is 6.07 Å². The first-order valence-corrected chi connectivity index (χ1v) is 7.37. The average Bonchev–Trinajstić information content (AvgIpc) is 2.50. The molecule has 0 saturated carbocycles. The highest BCUT2D eigenvalue weighted by Gasteiger charge is 2.24. The minimum absolute atomic E-state index is 0.0716. The Labute approximate surface area is 128 Å². The van der Waals surface area contributed by atoms with Crippen LogP contribution in [-0.4, -0.2) is 11.7 Å². The summed E-state index contributed by atoms with van der Waals surface area (Å²) >= 11 is 5.67. The van der Waals surface area contributed by atoms with Crippen LogP contribution in [0.1, 0.15) is 36.0 Å². The van der Waals surface area contributed by atoms with E-state index in [2.05, 4.69) is 0 Å². The van der Waals surface area contributed by atoms with Crippen molar-refractivity contribution in [3.63, 3.8) is 0 Å². The molecule has 0 radical (unpaired) electrons. The summed E-state index contributed by atoms with van der Waals surface area (Å²) in [5, 5.41) is 10.4. The van der Waals surface area contributed by atoms with Gasteiger partial charge in [0.1, 0.15) is 11.6 Å². The second-order valence-electron chi connectivity index (χ2n) is 5.30. The van der Waals surface area contributed by atoms with Gasteiger partial charge in [-0.2, -0.15) is 0 Å². The maximum Gasteiger partial charge on any atom is 0.142 e. The minimum atomic E-state index is -0.715. The van der Waals surface area contributed by atoms with E-state index in [-0.39, 0.29) is 10.9 Å². The summed E-state index contributed by atoms with van der Waals surface area (Å²) in [4.78, 5) is 0. The van der Waals surface area contributed by atoms with E-state index in [9.17, 15) is 9.50 Å². The van der Waals surface area contributed by atoms with Gasteiger partial charge in [0.05, 0.1) is 17.7 Å². The van der Waals surface area contributed by atoms with Gasteiger partial charge in [0.15, 0.2) is 0 Å². The molecule has 1 N–H and O–H groups in total. The molecule has 3 rings (SSSR count). The summed E-state index contributed by atoms with van der Waals surface area (Å²) in [6, 6.07) is 12.3. The number of rotatable bonds is 3. The molecule has 0 amide bonds. The fourth-order valence-corrected chi connectivity index (χ4v) is 2.90. The molecule has 0 aromatic heterocycles. The molecule has 2 aromatic carbocycles. The zero-order valence-corrected chi connectivity index (χ0v) is 12.2. The van der Waals surface area contributed by atoms with Gasteiger partial charge >= 0.3 is 0 Å². The predicted octanol–water partition coefficient (Wildman–Crippen LogP) is 4.47. The molecule has 2 unspecified atom stereocenters. The van der Waals surface area contributed by atoms with Crippen molar-refractivity contribution in [2.75, 3.05) is 6.61 Å². The monoisotopic (exact) mass is 306 g/mol.